The molecule has 200 valence electrons. The Morgan fingerprint density at radius 2 is 1.58 bits per heavy atom. The van der Waals surface area contributed by atoms with Gasteiger partial charge in [-0.05, 0) is 89.1 Å². The molecule has 0 atom stereocenters. The van der Waals surface area contributed by atoms with Crippen LogP contribution in [-0.2, 0) is 19.3 Å². The monoisotopic (exact) mass is 525 g/mol. The lowest BCUT2D eigenvalue weighted by Crippen LogP contribution is -2.47. The van der Waals surface area contributed by atoms with Crippen LogP contribution in [0.4, 0.5) is 22.0 Å². The molecule has 1 aliphatic carbocycles. The van der Waals surface area contributed by atoms with E-state index in [2.05, 4.69) is 35.2 Å². The largest absolute Gasteiger partial charge is 0.393 e. The van der Waals surface area contributed by atoms with Gasteiger partial charge in [0.25, 0.3) is 0 Å². The molecule has 0 unspecified atom stereocenters. The van der Waals surface area contributed by atoms with Crippen molar-refractivity contribution < 1.29 is 22.0 Å². The smallest absolute Gasteiger partial charge is 0.303 e. The summed E-state index contributed by atoms with van der Waals surface area (Å²) in [6, 6.07) is 20.2. The Morgan fingerprint density at radius 3 is 2.32 bits per heavy atom. The second-order valence-corrected chi connectivity index (χ2v) is 10.5. The molecule has 0 aromatic heterocycles. The molecule has 6 heteroatoms. The predicted molar refractivity (Wildman–Crippen MR) is 142 cm³/mol. The summed E-state index contributed by atoms with van der Waals surface area (Å²) >= 11 is 0. The van der Waals surface area contributed by atoms with Crippen LogP contribution in [0.3, 0.4) is 0 Å². The van der Waals surface area contributed by atoms with Crippen LogP contribution in [0, 0.1) is 11.7 Å². The number of hydrogen-bond donors (Lipinski definition) is 0. The van der Waals surface area contributed by atoms with E-state index in [1.165, 1.54) is 17.7 Å². The van der Waals surface area contributed by atoms with E-state index in [0.717, 1.165) is 72.8 Å². The number of aryl methyl sites for hydroxylation is 1. The van der Waals surface area contributed by atoms with Gasteiger partial charge in [0.05, 0.1) is 13.1 Å². The number of hydrogen-bond acceptors (Lipinski definition) is 1. The van der Waals surface area contributed by atoms with Crippen molar-refractivity contribution in [3.05, 3.63) is 106 Å². The molecule has 0 saturated carbocycles. The van der Waals surface area contributed by atoms with Crippen LogP contribution in [0.25, 0.3) is 11.1 Å². The third kappa shape index (κ3) is 6.17. The van der Waals surface area contributed by atoms with E-state index in [1.807, 2.05) is 18.2 Å². The molecule has 2 aliphatic rings. The van der Waals surface area contributed by atoms with E-state index in [0.29, 0.717) is 18.8 Å². The zero-order valence-corrected chi connectivity index (χ0v) is 21.3. The highest BCUT2D eigenvalue weighted by atomic mass is 19.4. The molecule has 1 heterocycles. The molecule has 1 nitrogen and oxygen atoms in total. The lowest BCUT2D eigenvalue weighted by Gasteiger charge is -2.39. The zero-order valence-electron chi connectivity index (χ0n) is 21.3. The quantitative estimate of drug-likeness (QED) is 0.269. The van der Waals surface area contributed by atoms with E-state index in [9.17, 15) is 17.6 Å². The molecule has 0 N–H and O–H groups in total. The predicted octanol–water partition coefficient (Wildman–Crippen LogP) is 8.06. The van der Waals surface area contributed by atoms with Gasteiger partial charge in [-0.3, -0.25) is 4.39 Å². The van der Waals surface area contributed by atoms with E-state index >= 15 is 4.39 Å². The standard InChI is InChI=1S/C32H32F5N/c33-15-4-16-38-20-24(21-38)17-22-9-12-26(13-10-22)31-27-7-2-1-5-25(27)6-3-8-28(31)29-18-23(11-14-30(29)34)19-32(35,36)37/h1-2,5,7,9-14,18,24H,3-4,6,8,15-17,19-21H2. The Kier molecular flexibility index (Phi) is 7.98. The Balaban J connectivity index is 1.49. The van der Waals surface area contributed by atoms with E-state index in [-0.39, 0.29) is 17.8 Å². The number of rotatable bonds is 8. The number of fused-ring (bicyclic) bond motifs is 1. The molecule has 1 saturated heterocycles. The average molecular weight is 526 g/mol. The molecule has 3 aromatic carbocycles. The lowest BCUT2D eigenvalue weighted by molar-refractivity contribution is -0.127. The Hall–Kier alpha value is -2.99. The van der Waals surface area contributed by atoms with Crippen molar-refractivity contribution in [2.24, 2.45) is 5.92 Å². The molecule has 3 aromatic rings. The maximum atomic E-state index is 15.2. The van der Waals surface area contributed by atoms with Gasteiger partial charge in [0, 0.05) is 25.2 Å². The van der Waals surface area contributed by atoms with Crippen molar-refractivity contribution in [1.82, 2.24) is 4.90 Å². The SMILES string of the molecule is FCCCN1CC(Cc2ccc(C3=C(c4cc(CC(F)(F)F)ccc4F)CCCc4ccccc43)cc2)C1. The summed E-state index contributed by atoms with van der Waals surface area (Å²) in [6.07, 6.45) is -1.72. The van der Waals surface area contributed by atoms with Crippen LogP contribution in [0.15, 0.2) is 66.7 Å². The molecule has 0 bridgehead atoms. The molecule has 0 spiro atoms. The first-order valence-electron chi connectivity index (χ1n) is 13.4. The van der Waals surface area contributed by atoms with E-state index in [1.54, 1.807) is 0 Å². The molecular weight excluding hydrogens is 493 g/mol. The van der Waals surface area contributed by atoms with E-state index in [4.69, 9.17) is 0 Å². The summed E-state index contributed by atoms with van der Waals surface area (Å²) in [7, 11) is 0. The van der Waals surface area contributed by atoms with Crippen LogP contribution >= 0.6 is 0 Å². The van der Waals surface area contributed by atoms with E-state index < -0.39 is 18.4 Å². The van der Waals surface area contributed by atoms with Crippen LogP contribution in [0.2, 0.25) is 0 Å². The van der Waals surface area contributed by atoms with Gasteiger partial charge in [-0.25, -0.2) is 4.39 Å². The summed E-state index contributed by atoms with van der Waals surface area (Å²) < 4.78 is 67.0. The number of likely N-dealkylation sites (tertiary alicyclic amines) is 1. The summed E-state index contributed by atoms with van der Waals surface area (Å²) in [6.45, 7) is 2.50. The number of nitrogens with zero attached hydrogens (tertiary/aromatic N) is 1. The van der Waals surface area contributed by atoms with Crippen molar-refractivity contribution in [2.45, 2.75) is 44.7 Å². The maximum Gasteiger partial charge on any atom is 0.393 e. The van der Waals surface area contributed by atoms with Crippen LogP contribution in [0.5, 0.6) is 0 Å². The van der Waals surface area contributed by atoms with Gasteiger partial charge < -0.3 is 4.90 Å². The first-order chi connectivity index (χ1) is 18.3. The topological polar surface area (TPSA) is 3.24 Å². The van der Waals surface area contributed by atoms with Gasteiger partial charge in [-0.15, -0.1) is 0 Å². The number of allylic oxidation sites excluding steroid dienone is 1. The highest BCUT2D eigenvalue weighted by molar-refractivity contribution is 6.00. The van der Waals surface area contributed by atoms with Crippen molar-refractivity contribution in [1.29, 1.82) is 0 Å². The van der Waals surface area contributed by atoms with Crippen molar-refractivity contribution in [2.75, 3.05) is 26.3 Å². The van der Waals surface area contributed by atoms with Crippen molar-refractivity contribution in [3.63, 3.8) is 0 Å². The summed E-state index contributed by atoms with van der Waals surface area (Å²) in [5.41, 5.74) is 6.30. The van der Waals surface area contributed by atoms with Gasteiger partial charge in [0.2, 0.25) is 0 Å². The third-order valence-electron chi connectivity index (χ3n) is 7.63. The fraction of sp³-hybridized carbons (Fsp3) is 0.375. The summed E-state index contributed by atoms with van der Waals surface area (Å²) in [5.74, 6) is 0.0565. The third-order valence-corrected chi connectivity index (χ3v) is 7.63. The normalized spacial score (nSPS) is 16.8. The van der Waals surface area contributed by atoms with Gasteiger partial charge in [0.1, 0.15) is 5.82 Å². The van der Waals surface area contributed by atoms with Gasteiger partial charge in [-0.1, -0.05) is 54.6 Å². The molecule has 0 amide bonds. The van der Waals surface area contributed by atoms with Gasteiger partial charge >= 0.3 is 6.18 Å². The fourth-order valence-corrected chi connectivity index (χ4v) is 5.88. The molecule has 5 rings (SSSR count). The molecule has 38 heavy (non-hydrogen) atoms. The summed E-state index contributed by atoms with van der Waals surface area (Å²) in [5, 5.41) is 0. The van der Waals surface area contributed by atoms with Crippen LogP contribution in [0.1, 0.15) is 52.6 Å². The van der Waals surface area contributed by atoms with Gasteiger partial charge in [-0.2, -0.15) is 13.2 Å². The van der Waals surface area contributed by atoms with Crippen LogP contribution < -0.4 is 0 Å². The first-order valence-corrected chi connectivity index (χ1v) is 13.4. The van der Waals surface area contributed by atoms with Crippen molar-refractivity contribution >= 4 is 11.1 Å². The summed E-state index contributed by atoms with van der Waals surface area (Å²) in [4.78, 5) is 2.28. The second kappa shape index (κ2) is 11.4. The molecule has 0 radical (unpaired) electrons. The van der Waals surface area contributed by atoms with Crippen LogP contribution in [-0.4, -0.2) is 37.4 Å². The highest BCUT2D eigenvalue weighted by Crippen LogP contribution is 2.41. The zero-order chi connectivity index (χ0) is 26.7. The first kappa shape index (κ1) is 26.6. The minimum absolute atomic E-state index is 0.0645. The maximum absolute atomic E-state index is 15.2. The number of benzene rings is 3. The molecule has 1 fully saturated rings. The Labute approximate surface area is 221 Å². The van der Waals surface area contributed by atoms with Gasteiger partial charge in [0.15, 0.2) is 0 Å². The number of halogens is 5. The highest BCUT2D eigenvalue weighted by Gasteiger charge is 2.29. The van der Waals surface area contributed by atoms with Crippen molar-refractivity contribution in [3.8, 4) is 0 Å². The second-order valence-electron chi connectivity index (χ2n) is 10.5. The Morgan fingerprint density at radius 1 is 0.842 bits per heavy atom. The fourth-order valence-electron chi connectivity index (χ4n) is 5.88. The number of alkyl halides is 4. The minimum Gasteiger partial charge on any atom is -0.303 e. The lowest BCUT2D eigenvalue weighted by atomic mass is 9.86. The Bertz CT molecular complexity index is 1290. The molecule has 1 aliphatic heterocycles. The average Bonchev–Trinajstić information content (AvgIpc) is 3.06. The molecular formula is C32H32F5N. The minimum atomic E-state index is -4.36.